The lowest BCUT2D eigenvalue weighted by molar-refractivity contribution is 0.226. The van der Waals surface area contributed by atoms with E-state index >= 15 is 0 Å². The molecule has 0 aromatic carbocycles. The third-order valence-corrected chi connectivity index (χ3v) is 5.61. The minimum absolute atomic E-state index is 1.04. The molecule has 0 bridgehead atoms. The minimum atomic E-state index is 1.04. The standard InChI is InChI=1S/C16H26/c1-12-10-14-8-9-15(16(14)11-12)13-6-4-2-3-5-7-13/h13-16H,1-11H2. The molecule has 3 fully saturated rings. The zero-order valence-corrected chi connectivity index (χ0v) is 10.6. The fourth-order valence-corrected chi connectivity index (χ4v) is 4.87. The molecule has 16 heavy (non-hydrogen) atoms. The summed E-state index contributed by atoms with van der Waals surface area (Å²) < 4.78 is 0. The van der Waals surface area contributed by atoms with E-state index in [1.165, 1.54) is 44.9 Å². The molecule has 3 saturated carbocycles. The first-order valence-electron chi connectivity index (χ1n) is 7.51. The highest BCUT2D eigenvalue weighted by atomic mass is 14.5. The maximum absolute atomic E-state index is 4.23. The van der Waals surface area contributed by atoms with E-state index in [1.807, 2.05) is 0 Å². The van der Waals surface area contributed by atoms with Crippen molar-refractivity contribution in [1.29, 1.82) is 0 Å². The van der Waals surface area contributed by atoms with Crippen molar-refractivity contribution in [1.82, 2.24) is 0 Å². The van der Waals surface area contributed by atoms with Crippen molar-refractivity contribution in [2.75, 3.05) is 0 Å². The van der Waals surface area contributed by atoms with Crippen molar-refractivity contribution in [2.45, 2.75) is 64.2 Å². The predicted molar refractivity (Wildman–Crippen MR) is 69.3 cm³/mol. The van der Waals surface area contributed by atoms with Crippen molar-refractivity contribution in [3.63, 3.8) is 0 Å². The van der Waals surface area contributed by atoms with Crippen LogP contribution >= 0.6 is 0 Å². The van der Waals surface area contributed by atoms with Gasteiger partial charge in [-0.15, -0.1) is 0 Å². The van der Waals surface area contributed by atoms with Crippen LogP contribution in [0.3, 0.4) is 0 Å². The molecular weight excluding hydrogens is 192 g/mol. The second-order valence-corrected chi connectivity index (χ2v) is 6.58. The molecule has 0 nitrogen and oxygen atoms in total. The largest absolute Gasteiger partial charge is 0.0998 e. The Bertz CT molecular complexity index is 257. The topological polar surface area (TPSA) is 0 Å². The monoisotopic (exact) mass is 218 g/mol. The number of hydrogen-bond donors (Lipinski definition) is 0. The first-order chi connectivity index (χ1) is 7.84. The Kier molecular flexibility index (Phi) is 3.09. The summed E-state index contributed by atoms with van der Waals surface area (Å²) in [6.45, 7) is 4.23. The van der Waals surface area contributed by atoms with Gasteiger partial charge in [0.05, 0.1) is 0 Å². The molecule has 0 aliphatic heterocycles. The van der Waals surface area contributed by atoms with E-state index in [2.05, 4.69) is 6.58 Å². The number of allylic oxidation sites excluding steroid dienone is 1. The van der Waals surface area contributed by atoms with Gasteiger partial charge in [0, 0.05) is 0 Å². The molecule has 3 atom stereocenters. The highest BCUT2D eigenvalue weighted by Crippen LogP contribution is 2.53. The van der Waals surface area contributed by atoms with Gasteiger partial charge < -0.3 is 0 Å². The van der Waals surface area contributed by atoms with Crippen LogP contribution in [-0.2, 0) is 0 Å². The lowest BCUT2D eigenvalue weighted by Crippen LogP contribution is -2.19. The van der Waals surface area contributed by atoms with Gasteiger partial charge in [0.2, 0.25) is 0 Å². The minimum Gasteiger partial charge on any atom is -0.0998 e. The fourth-order valence-electron chi connectivity index (χ4n) is 4.87. The number of rotatable bonds is 1. The van der Waals surface area contributed by atoms with Crippen LogP contribution in [-0.4, -0.2) is 0 Å². The van der Waals surface area contributed by atoms with E-state index in [9.17, 15) is 0 Å². The summed E-state index contributed by atoms with van der Waals surface area (Å²) in [6.07, 6.45) is 14.9. The Morgan fingerprint density at radius 2 is 1.44 bits per heavy atom. The van der Waals surface area contributed by atoms with Gasteiger partial charge in [-0.2, -0.15) is 0 Å². The molecule has 0 heterocycles. The van der Waals surface area contributed by atoms with Crippen LogP contribution in [0.25, 0.3) is 0 Å². The van der Waals surface area contributed by atoms with Crippen molar-refractivity contribution in [3.05, 3.63) is 12.2 Å². The van der Waals surface area contributed by atoms with Gasteiger partial charge in [-0.3, -0.25) is 0 Å². The van der Waals surface area contributed by atoms with Crippen molar-refractivity contribution < 1.29 is 0 Å². The van der Waals surface area contributed by atoms with E-state index in [0.29, 0.717) is 0 Å². The molecule has 90 valence electrons. The Morgan fingerprint density at radius 1 is 0.688 bits per heavy atom. The summed E-state index contributed by atoms with van der Waals surface area (Å²) >= 11 is 0. The third kappa shape index (κ3) is 1.96. The van der Waals surface area contributed by atoms with Gasteiger partial charge >= 0.3 is 0 Å². The van der Waals surface area contributed by atoms with Gasteiger partial charge in [0.15, 0.2) is 0 Å². The van der Waals surface area contributed by atoms with Crippen molar-refractivity contribution in [2.24, 2.45) is 23.7 Å². The van der Waals surface area contributed by atoms with E-state index in [1.54, 1.807) is 24.8 Å². The quantitative estimate of drug-likeness (QED) is 0.431. The molecule has 3 aliphatic carbocycles. The molecule has 3 unspecified atom stereocenters. The SMILES string of the molecule is C=C1CC2CCC(C3CCCCCC3)C2C1. The van der Waals surface area contributed by atoms with Gasteiger partial charge in [-0.25, -0.2) is 0 Å². The molecule has 0 spiro atoms. The summed E-state index contributed by atoms with van der Waals surface area (Å²) in [7, 11) is 0. The van der Waals surface area contributed by atoms with Gasteiger partial charge in [0.25, 0.3) is 0 Å². The van der Waals surface area contributed by atoms with Crippen LogP contribution in [0.15, 0.2) is 12.2 Å². The zero-order chi connectivity index (χ0) is 11.0. The Hall–Kier alpha value is -0.260. The Balaban J connectivity index is 1.67. The highest BCUT2D eigenvalue weighted by Gasteiger charge is 2.43. The first kappa shape index (κ1) is 10.9. The average molecular weight is 218 g/mol. The smallest absolute Gasteiger partial charge is 0.0289 e. The van der Waals surface area contributed by atoms with Gasteiger partial charge in [-0.05, 0) is 49.4 Å². The average Bonchev–Trinajstić information content (AvgIpc) is 2.68. The molecule has 0 amide bonds. The molecule has 0 N–H and O–H groups in total. The van der Waals surface area contributed by atoms with Crippen molar-refractivity contribution >= 4 is 0 Å². The van der Waals surface area contributed by atoms with E-state index < -0.39 is 0 Å². The number of hydrogen-bond acceptors (Lipinski definition) is 0. The lowest BCUT2D eigenvalue weighted by Gasteiger charge is -2.27. The second-order valence-electron chi connectivity index (χ2n) is 6.58. The Labute approximate surface area is 101 Å². The molecule has 0 saturated heterocycles. The zero-order valence-electron chi connectivity index (χ0n) is 10.6. The van der Waals surface area contributed by atoms with Crippen LogP contribution < -0.4 is 0 Å². The summed E-state index contributed by atoms with van der Waals surface area (Å²) in [5.74, 6) is 4.27. The van der Waals surface area contributed by atoms with Gasteiger partial charge in [0.1, 0.15) is 0 Å². The fraction of sp³-hybridized carbons (Fsp3) is 0.875. The summed E-state index contributed by atoms with van der Waals surface area (Å²) in [5, 5.41) is 0. The third-order valence-electron chi connectivity index (χ3n) is 5.61. The summed E-state index contributed by atoms with van der Waals surface area (Å²) in [6, 6.07) is 0. The van der Waals surface area contributed by atoms with Crippen LogP contribution in [0.2, 0.25) is 0 Å². The first-order valence-corrected chi connectivity index (χ1v) is 7.51. The van der Waals surface area contributed by atoms with Crippen LogP contribution in [0.5, 0.6) is 0 Å². The normalized spacial score (nSPS) is 41.0. The molecule has 3 rings (SSSR count). The van der Waals surface area contributed by atoms with E-state index in [4.69, 9.17) is 0 Å². The Morgan fingerprint density at radius 3 is 2.19 bits per heavy atom. The molecule has 3 aliphatic rings. The van der Waals surface area contributed by atoms with Crippen LogP contribution in [0.4, 0.5) is 0 Å². The molecule has 0 heteroatoms. The molecule has 0 aromatic heterocycles. The van der Waals surface area contributed by atoms with Crippen molar-refractivity contribution in [3.8, 4) is 0 Å². The molecular formula is C16H26. The second kappa shape index (κ2) is 4.55. The maximum Gasteiger partial charge on any atom is -0.0289 e. The summed E-state index contributed by atoms with van der Waals surface area (Å²) in [5.41, 5.74) is 1.56. The summed E-state index contributed by atoms with van der Waals surface area (Å²) in [4.78, 5) is 0. The van der Waals surface area contributed by atoms with Crippen LogP contribution in [0.1, 0.15) is 64.2 Å². The van der Waals surface area contributed by atoms with E-state index in [-0.39, 0.29) is 0 Å². The predicted octanol–water partition coefficient (Wildman–Crippen LogP) is 4.95. The van der Waals surface area contributed by atoms with Gasteiger partial charge in [-0.1, -0.05) is 50.7 Å². The highest BCUT2D eigenvalue weighted by molar-refractivity contribution is 5.10. The molecule has 0 aromatic rings. The molecule has 0 radical (unpaired) electrons. The van der Waals surface area contributed by atoms with E-state index in [0.717, 1.165) is 23.7 Å². The maximum atomic E-state index is 4.23. The lowest BCUT2D eigenvalue weighted by atomic mass is 9.78. The van der Waals surface area contributed by atoms with Crippen LogP contribution in [0, 0.1) is 23.7 Å². The number of fused-ring (bicyclic) bond motifs is 1.